The molecule has 0 aliphatic rings. The van der Waals surface area contributed by atoms with E-state index in [9.17, 15) is 4.79 Å². The van der Waals surface area contributed by atoms with Gasteiger partial charge in [-0.2, -0.15) is 9.97 Å². The van der Waals surface area contributed by atoms with Crippen LogP contribution in [0.3, 0.4) is 0 Å². The molecule has 0 bridgehead atoms. The molecule has 0 saturated carbocycles. The SMILES string of the molecule is CCCNc1nc(=O)n2c(C)cccc2n1. The van der Waals surface area contributed by atoms with Crippen LogP contribution in [0.4, 0.5) is 5.95 Å². The van der Waals surface area contributed by atoms with E-state index in [1.54, 1.807) is 6.07 Å². The maximum atomic E-state index is 11.8. The van der Waals surface area contributed by atoms with Crippen LogP contribution >= 0.6 is 0 Å². The Morgan fingerprint density at radius 2 is 2.19 bits per heavy atom. The quantitative estimate of drug-likeness (QED) is 0.841. The summed E-state index contributed by atoms with van der Waals surface area (Å²) in [4.78, 5) is 19.9. The summed E-state index contributed by atoms with van der Waals surface area (Å²) in [7, 11) is 0. The zero-order chi connectivity index (χ0) is 11.5. The van der Waals surface area contributed by atoms with Gasteiger partial charge in [0.1, 0.15) is 5.65 Å². The van der Waals surface area contributed by atoms with Crippen LogP contribution in [0.15, 0.2) is 23.0 Å². The Balaban J connectivity index is 2.55. The Labute approximate surface area is 93.2 Å². The van der Waals surface area contributed by atoms with Crippen molar-refractivity contribution in [3.05, 3.63) is 34.4 Å². The summed E-state index contributed by atoms with van der Waals surface area (Å²) >= 11 is 0. The number of pyridine rings is 1. The molecule has 5 nitrogen and oxygen atoms in total. The minimum absolute atomic E-state index is 0.290. The van der Waals surface area contributed by atoms with Crippen LogP contribution in [0.1, 0.15) is 19.0 Å². The average molecular weight is 218 g/mol. The van der Waals surface area contributed by atoms with Gasteiger partial charge in [0, 0.05) is 12.2 Å². The predicted octanol–water partition coefficient (Wildman–Crippen LogP) is 1.22. The molecular formula is C11H14N4O. The highest BCUT2D eigenvalue weighted by Crippen LogP contribution is 2.03. The molecule has 0 radical (unpaired) electrons. The molecule has 0 fully saturated rings. The van der Waals surface area contributed by atoms with Crippen molar-refractivity contribution >= 4 is 11.6 Å². The minimum Gasteiger partial charge on any atom is -0.354 e. The smallest absolute Gasteiger partial charge is 0.354 e. The molecule has 1 N–H and O–H groups in total. The fourth-order valence-electron chi connectivity index (χ4n) is 1.53. The van der Waals surface area contributed by atoms with Crippen molar-refractivity contribution in [2.45, 2.75) is 20.3 Å². The molecule has 0 aliphatic heterocycles. The topological polar surface area (TPSA) is 59.3 Å². The second-order valence-electron chi connectivity index (χ2n) is 3.62. The number of fused-ring (bicyclic) bond motifs is 1. The summed E-state index contributed by atoms with van der Waals surface area (Å²) in [6, 6.07) is 5.53. The molecular weight excluding hydrogens is 204 g/mol. The van der Waals surface area contributed by atoms with E-state index in [0.29, 0.717) is 11.6 Å². The summed E-state index contributed by atoms with van der Waals surface area (Å²) in [5.41, 5.74) is 1.17. The van der Waals surface area contributed by atoms with Crippen LogP contribution in [0.2, 0.25) is 0 Å². The molecule has 0 atom stereocenters. The Bertz CT molecular complexity index is 561. The van der Waals surface area contributed by atoms with E-state index in [1.165, 1.54) is 4.40 Å². The number of rotatable bonds is 3. The van der Waals surface area contributed by atoms with Crippen LogP contribution in [-0.2, 0) is 0 Å². The van der Waals surface area contributed by atoms with Crippen molar-refractivity contribution < 1.29 is 0 Å². The molecule has 2 heterocycles. The zero-order valence-corrected chi connectivity index (χ0v) is 9.40. The maximum Gasteiger partial charge on any atom is 0.356 e. The monoisotopic (exact) mass is 218 g/mol. The molecule has 84 valence electrons. The van der Waals surface area contributed by atoms with Crippen LogP contribution in [0, 0.1) is 6.92 Å². The van der Waals surface area contributed by atoms with Crippen molar-refractivity contribution in [2.24, 2.45) is 0 Å². The molecule has 0 amide bonds. The van der Waals surface area contributed by atoms with E-state index >= 15 is 0 Å². The van der Waals surface area contributed by atoms with E-state index in [4.69, 9.17) is 0 Å². The van der Waals surface area contributed by atoms with Gasteiger partial charge in [-0.3, -0.25) is 0 Å². The second-order valence-corrected chi connectivity index (χ2v) is 3.62. The third kappa shape index (κ3) is 1.88. The van der Waals surface area contributed by atoms with Crippen LogP contribution < -0.4 is 11.0 Å². The second kappa shape index (κ2) is 4.30. The largest absolute Gasteiger partial charge is 0.356 e. The highest BCUT2D eigenvalue weighted by atomic mass is 16.1. The van der Waals surface area contributed by atoms with E-state index < -0.39 is 0 Å². The van der Waals surface area contributed by atoms with Crippen molar-refractivity contribution in [1.82, 2.24) is 14.4 Å². The first kappa shape index (κ1) is 10.6. The van der Waals surface area contributed by atoms with E-state index in [2.05, 4.69) is 15.3 Å². The van der Waals surface area contributed by atoms with Gasteiger partial charge in [-0.25, -0.2) is 9.20 Å². The predicted molar refractivity (Wildman–Crippen MR) is 62.8 cm³/mol. The number of hydrogen-bond acceptors (Lipinski definition) is 4. The molecule has 16 heavy (non-hydrogen) atoms. The Morgan fingerprint density at radius 1 is 1.38 bits per heavy atom. The lowest BCUT2D eigenvalue weighted by Gasteiger charge is -2.06. The maximum absolute atomic E-state index is 11.8. The van der Waals surface area contributed by atoms with Gasteiger partial charge < -0.3 is 5.32 Å². The first-order valence-electron chi connectivity index (χ1n) is 5.32. The lowest BCUT2D eigenvalue weighted by Crippen LogP contribution is -2.22. The van der Waals surface area contributed by atoms with Crippen LogP contribution in [0.5, 0.6) is 0 Å². The van der Waals surface area contributed by atoms with Crippen molar-refractivity contribution in [3.63, 3.8) is 0 Å². The van der Waals surface area contributed by atoms with Gasteiger partial charge >= 0.3 is 5.69 Å². The highest BCUT2D eigenvalue weighted by Gasteiger charge is 2.04. The van der Waals surface area contributed by atoms with Crippen LogP contribution in [0.25, 0.3) is 5.65 Å². The minimum atomic E-state index is -0.290. The fraction of sp³-hybridized carbons (Fsp3) is 0.364. The van der Waals surface area contributed by atoms with E-state index in [1.807, 2.05) is 26.0 Å². The molecule has 2 rings (SSSR count). The van der Waals surface area contributed by atoms with E-state index in [0.717, 1.165) is 18.7 Å². The van der Waals surface area contributed by atoms with Gasteiger partial charge in [0.2, 0.25) is 5.95 Å². The average Bonchev–Trinajstić information content (AvgIpc) is 2.26. The van der Waals surface area contributed by atoms with Gasteiger partial charge in [-0.1, -0.05) is 13.0 Å². The van der Waals surface area contributed by atoms with Gasteiger partial charge in [0.05, 0.1) is 0 Å². The van der Waals surface area contributed by atoms with Gasteiger partial charge in [0.15, 0.2) is 0 Å². The lowest BCUT2D eigenvalue weighted by atomic mass is 10.4. The number of aromatic nitrogens is 3. The molecule has 2 aromatic rings. The van der Waals surface area contributed by atoms with Gasteiger partial charge in [-0.05, 0) is 25.5 Å². The molecule has 0 aliphatic carbocycles. The van der Waals surface area contributed by atoms with Crippen LogP contribution in [-0.4, -0.2) is 20.9 Å². The first-order chi connectivity index (χ1) is 7.72. The summed E-state index contributed by atoms with van der Waals surface area (Å²) in [5.74, 6) is 0.400. The molecule has 0 spiro atoms. The Kier molecular flexibility index (Phi) is 2.85. The van der Waals surface area contributed by atoms with Crippen molar-refractivity contribution in [1.29, 1.82) is 0 Å². The van der Waals surface area contributed by atoms with Gasteiger partial charge in [0.25, 0.3) is 0 Å². The summed E-state index contributed by atoms with van der Waals surface area (Å²) in [6.45, 7) is 4.67. The summed E-state index contributed by atoms with van der Waals surface area (Å²) < 4.78 is 1.50. The fourth-order valence-corrected chi connectivity index (χ4v) is 1.53. The highest BCUT2D eigenvalue weighted by molar-refractivity contribution is 5.43. The molecule has 0 aromatic carbocycles. The first-order valence-corrected chi connectivity index (χ1v) is 5.32. The molecule has 0 unspecified atom stereocenters. The summed E-state index contributed by atoms with van der Waals surface area (Å²) in [5, 5.41) is 3.01. The zero-order valence-electron chi connectivity index (χ0n) is 9.40. The Morgan fingerprint density at radius 3 is 2.94 bits per heavy atom. The molecule has 5 heteroatoms. The molecule has 0 saturated heterocycles. The Hall–Kier alpha value is -1.91. The van der Waals surface area contributed by atoms with E-state index in [-0.39, 0.29) is 5.69 Å². The van der Waals surface area contributed by atoms with Gasteiger partial charge in [-0.15, -0.1) is 0 Å². The number of anilines is 1. The third-order valence-electron chi connectivity index (χ3n) is 2.31. The van der Waals surface area contributed by atoms with Crippen molar-refractivity contribution in [3.8, 4) is 0 Å². The lowest BCUT2D eigenvalue weighted by molar-refractivity contribution is 0.887. The normalized spacial score (nSPS) is 10.6. The summed E-state index contributed by atoms with van der Waals surface area (Å²) in [6.07, 6.45) is 0.969. The molecule has 2 aromatic heterocycles. The third-order valence-corrected chi connectivity index (χ3v) is 2.31. The van der Waals surface area contributed by atoms with Crippen molar-refractivity contribution in [2.75, 3.05) is 11.9 Å². The number of aryl methyl sites for hydroxylation is 1. The number of nitrogens with one attached hydrogen (secondary N) is 1. The standard InChI is InChI=1S/C11H14N4O/c1-3-7-12-10-13-9-6-4-5-8(2)15(9)11(16)14-10/h4-6H,3,7H2,1-2H3,(H,12,14,16). The number of nitrogens with zero attached hydrogens (tertiary/aromatic N) is 3. The number of hydrogen-bond donors (Lipinski definition) is 1.